The Morgan fingerprint density at radius 2 is 1.90 bits per heavy atom. The molecule has 1 aromatic heterocycles. The predicted molar refractivity (Wildman–Crippen MR) is 117 cm³/mol. The van der Waals surface area contributed by atoms with Crippen molar-refractivity contribution in [3.05, 3.63) is 53.0 Å². The first kappa shape index (κ1) is 21.8. The molecule has 3 rings (SSSR count). The van der Waals surface area contributed by atoms with Crippen LogP contribution in [0.4, 0.5) is 5.69 Å². The second-order valence-corrected chi connectivity index (χ2v) is 7.66. The normalized spacial score (nSPS) is 10.5. The van der Waals surface area contributed by atoms with Gasteiger partial charge in [-0.3, -0.25) is 9.59 Å². The molecule has 0 unspecified atom stereocenters. The van der Waals surface area contributed by atoms with E-state index in [-0.39, 0.29) is 24.1 Å². The summed E-state index contributed by atoms with van der Waals surface area (Å²) in [6.45, 7) is 2.26. The van der Waals surface area contributed by atoms with Gasteiger partial charge in [0.05, 0.1) is 24.6 Å². The molecule has 0 aliphatic rings. The van der Waals surface area contributed by atoms with Crippen LogP contribution in [0.15, 0.2) is 58.2 Å². The van der Waals surface area contributed by atoms with Crippen molar-refractivity contribution < 1.29 is 14.3 Å². The lowest BCUT2D eigenvalue weighted by molar-refractivity contribution is -0.122. The van der Waals surface area contributed by atoms with Gasteiger partial charge in [0, 0.05) is 4.47 Å². The molecule has 2 aromatic carbocycles. The van der Waals surface area contributed by atoms with Crippen LogP contribution in [0.1, 0.15) is 6.92 Å². The SMILES string of the molecule is CCOc1ccccc1-n1nnnc1SCC(=O)NCC(=O)Nc1ccccc1Br. The highest BCUT2D eigenvalue weighted by Crippen LogP contribution is 2.25. The lowest BCUT2D eigenvalue weighted by Crippen LogP contribution is -2.34. The summed E-state index contributed by atoms with van der Waals surface area (Å²) in [5.41, 5.74) is 1.32. The molecule has 0 radical (unpaired) electrons. The number of nitrogens with zero attached hydrogens (tertiary/aromatic N) is 4. The maximum Gasteiger partial charge on any atom is 0.243 e. The van der Waals surface area contributed by atoms with Crippen LogP contribution in [0.3, 0.4) is 0 Å². The number of aromatic nitrogens is 4. The molecule has 0 aliphatic carbocycles. The highest BCUT2D eigenvalue weighted by atomic mass is 79.9. The lowest BCUT2D eigenvalue weighted by atomic mass is 10.3. The van der Waals surface area contributed by atoms with Crippen LogP contribution in [-0.4, -0.2) is 50.9 Å². The molecule has 156 valence electrons. The van der Waals surface area contributed by atoms with Gasteiger partial charge in [-0.2, -0.15) is 4.68 Å². The molecule has 2 N–H and O–H groups in total. The van der Waals surface area contributed by atoms with E-state index in [9.17, 15) is 9.59 Å². The van der Waals surface area contributed by atoms with E-state index in [0.29, 0.717) is 28.9 Å². The van der Waals surface area contributed by atoms with E-state index in [1.807, 2.05) is 49.4 Å². The molecular formula is C19H19BrN6O3S. The lowest BCUT2D eigenvalue weighted by Gasteiger charge is -2.10. The molecule has 3 aromatic rings. The number of halogens is 1. The number of ether oxygens (including phenoxy) is 1. The number of anilines is 1. The zero-order valence-corrected chi connectivity index (χ0v) is 18.4. The van der Waals surface area contributed by atoms with Gasteiger partial charge in [0.25, 0.3) is 0 Å². The third-order valence-electron chi connectivity index (χ3n) is 3.76. The summed E-state index contributed by atoms with van der Waals surface area (Å²) in [6.07, 6.45) is 0. The predicted octanol–water partition coefficient (Wildman–Crippen LogP) is 2.67. The molecule has 30 heavy (non-hydrogen) atoms. The first-order valence-electron chi connectivity index (χ1n) is 9.03. The van der Waals surface area contributed by atoms with Gasteiger partial charge in [-0.15, -0.1) is 5.10 Å². The topological polar surface area (TPSA) is 111 Å². The van der Waals surface area contributed by atoms with Crippen LogP contribution in [-0.2, 0) is 9.59 Å². The number of thioether (sulfide) groups is 1. The molecule has 9 nitrogen and oxygen atoms in total. The molecule has 0 bridgehead atoms. The van der Waals surface area contributed by atoms with Gasteiger partial charge in [-0.1, -0.05) is 36.0 Å². The Labute approximate surface area is 185 Å². The van der Waals surface area contributed by atoms with Crippen molar-refractivity contribution in [3.8, 4) is 11.4 Å². The van der Waals surface area contributed by atoms with Gasteiger partial charge in [-0.25, -0.2) is 0 Å². The van der Waals surface area contributed by atoms with E-state index in [4.69, 9.17) is 4.74 Å². The molecular weight excluding hydrogens is 472 g/mol. The summed E-state index contributed by atoms with van der Waals surface area (Å²) in [5, 5.41) is 17.4. The van der Waals surface area contributed by atoms with Gasteiger partial charge < -0.3 is 15.4 Å². The summed E-state index contributed by atoms with van der Waals surface area (Å²) in [6, 6.07) is 14.6. The average molecular weight is 491 g/mol. The van der Waals surface area contributed by atoms with Crippen molar-refractivity contribution in [2.75, 3.05) is 24.2 Å². The van der Waals surface area contributed by atoms with Crippen molar-refractivity contribution >= 4 is 45.2 Å². The van der Waals surface area contributed by atoms with Crippen LogP contribution in [0, 0.1) is 0 Å². The fourth-order valence-electron chi connectivity index (χ4n) is 2.45. The molecule has 0 saturated heterocycles. The smallest absolute Gasteiger partial charge is 0.243 e. The van der Waals surface area contributed by atoms with Crippen molar-refractivity contribution in [1.82, 2.24) is 25.5 Å². The van der Waals surface area contributed by atoms with E-state index >= 15 is 0 Å². The highest BCUT2D eigenvalue weighted by Gasteiger charge is 2.15. The second kappa shape index (κ2) is 10.7. The number of para-hydroxylation sites is 3. The summed E-state index contributed by atoms with van der Waals surface area (Å²) >= 11 is 4.52. The number of amides is 2. The van der Waals surface area contributed by atoms with Gasteiger partial charge in [0.1, 0.15) is 11.4 Å². The molecule has 0 spiro atoms. The summed E-state index contributed by atoms with van der Waals surface area (Å²) in [4.78, 5) is 24.2. The summed E-state index contributed by atoms with van der Waals surface area (Å²) < 4.78 is 7.89. The molecule has 11 heteroatoms. The fraction of sp³-hybridized carbons (Fsp3) is 0.211. The van der Waals surface area contributed by atoms with Crippen LogP contribution in [0.5, 0.6) is 5.75 Å². The maximum atomic E-state index is 12.2. The molecule has 0 fully saturated rings. The van der Waals surface area contributed by atoms with E-state index < -0.39 is 0 Å². The largest absolute Gasteiger partial charge is 0.492 e. The van der Waals surface area contributed by atoms with Crippen molar-refractivity contribution in [3.63, 3.8) is 0 Å². The molecule has 0 saturated carbocycles. The fourth-order valence-corrected chi connectivity index (χ4v) is 3.54. The van der Waals surface area contributed by atoms with Crippen molar-refractivity contribution in [1.29, 1.82) is 0 Å². The quantitative estimate of drug-likeness (QED) is 0.443. The summed E-state index contributed by atoms with van der Waals surface area (Å²) in [5.74, 6) is 0.0624. The van der Waals surface area contributed by atoms with E-state index in [2.05, 4.69) is 42.1 Å². The third-order valence-corrected chi connectivity index (χ3v) is 5.37. The molecule has 0 atom stereocenters. The van der Waals surface area contributed by atoms with E-state index in [0.717, 1.165) is 16.2 Å². The Bertz CT molecular complexity index is 1030. The van der Waals surface area contributed by atoms with Gasteiger partial charge in [0.15, 0.2) is 0 Å². The minimum Gasteiger partial charge on any atom is -0.492 e. The van der Waals surface area contributed by atoms with Crippen LogP contribution in [0.25, 0.3) is 5.69 Å². The number of tetrazole rings is 1. The number of benzene rings is 2. The maximum absolute atomic E-state index is 12.2. The standard InChI is InChI=1S/C19H19BrN6O3S/c1-2-29-16-10-6-5-9-15(16)26-19(23-24-25-26)30-12-18(28)21-11-17(27)22-14-8-4-3-7-13(14)20/h3-10H,2,11-12H2,1H3,(H,21,28)(H,22,27). The second-order valence-electron chi connectivity index (χ2n) is 5.87. The number of carbonyl (C=O) groups is 2. The van der Waals surface area contributed by atoms with E-state index in [1.54, 1.807) is 6.07 Å². The van der Waals surface area contributed by atoms with Crippen LogP contribution < -0.4 is 15.4 Å². The van der Waals surface area contributed by atoms with Crippen molar-refractivity contribution in [2.24, 2.45) is 0 Å². The molecule has 0 aliphatic heterocycles. The Hall–Kier alpha value is -2.92. The van der Waals surface area contributed by atoms with Crippen molar-refractivity contribution in [2.45, 2.75) is 12.1 Å². The van der Waals surface area contributed by atoms with Crippen LogP contribution in [0.2, 0.25) is 0 Å². The molecule has 1 heterocycles. The summed E-state index contributed by atoms with van der Waals surface area (Å²) in [7, 11) is 0. The number of rotatable bonds is 9. The Balaban J connectivity index is 1.53. The average Bonchev–Trinajstić information content (AvgIpc) is 3.21. The minimum absolute atomic E-state index is 0.0550. The Kier molecular flexibility index (Phi) is 7.80. The third kappa shape index (κ3) is 5.80. The Morgan fingerprint density at radius 3 is 2.70 bits per heavy atom. The number of hydrogen-bond donors (Lipinski definition) is 2. The monoisotopic (exact) mass is 490 g/mol. The highest BCUT2D eigenvalue weighted by molar-refractivity contribution is 9.10. The van der Waals surface area contributed by atoms with Gasteiger partial charge >= 0.3 is 0 Å². The van der Waals surface area contributed by atoms with Crippen LogP contribution >= 0.6 is 27.7 Å². The number of carbonyl (C=O) groups excluding carboxylic acids is 2. The zero-order valence-electron chi connectivity index (χ0n) is 16.0. The van der Waals surface area contributed by atoms with Gasteiger partial charge in [0.2, 0.25) is 17.0 Å². The minimum atomic E-state index is -0.323. The number of nitrogens with one attached hydrogen (secondary N) is 2. The van der Waals surface area contributed by atoms with Gasteiger partial charge in [-0.05, 0) is 57.5 Å². The Morgan fingerprint density at radius 1 is 1.13 bits per heavy atom. The number of hydrogen-bond acceptors (Lipinski definition) is 7. The zero-order chi connectivity index (χ0) is 21.3. The first-order chi connectivity index (χ1) is 14.6. The van der Waals surface area contributed by atoms with E-state index in [1.165, 1.54) is 4.68 Å². The first-order valence-corrected chi connectivity index (χ1v) is 10.8. The molecule has 2 amide bonds.